The van der Waals surface area contributed by atoms with Gasteiger partial charge in [0.2, 0.25) is 5.91 Å². The third-order valence-corrected chi connectivity index (χ3v) is 4.54. The predicted molar refractivity (Wildman–Crippen MR) is 104 cm³/mol. The highest BCUT2D eigenvalue weighted by Gasteiger charge is 2.21. The molecule has 7 heteroatoms. The van der Waals surface area contributed by atoms with Gasteiger partial charge in [0.15, 0.2) is 11.5 Å². The van der Waals surface area contributed by atoms with Crippen LogP contribution >= 0.6 is 0 Å². The zero-order chi connectivity index (χ0) is 19.6. The number of nitrogens with zero attached hydrogens (tertiary/aromatic N) is 2. The molecule has 150 valence electrons. The summed E-state index contributed by atoms with van der Waals surface area (Å²) in [7, 11) is 0. The molecule has 1 saturated heterocycles. The van der Waals surface area contributed by atoms with Crippen LogP contribution < -0.4 is 14.8 Å². The Morgan fingerprint density at radius 2 is 1.63 bits per heavy atom. The molecule has 1 aliphatic heterocycles. The number of ether oxygens (including phenoxy) is 2. The van der Waals surface area contributed by atoms with E-state index in [1.807, 2.05) is 32.0 Å². The summed E-state index contributed by atoms with van der Waals surface area (Å²) in [5.74, 6) is 1.60. The van der Waals surface area contributed by atoms with E-state index in [2.05, 4.69) is 5.32 Å². The first-order valence-electron chi connectivity index (χ1n) is 9.72. The van der Waals surface area contributed by atoms with E-state index < -0.39 is 0 Å². The second-order valence-electron chi connectivity index (χ2n) is 6.48. The molecule has 0 unspecified atom stereocenters. The van der Waals surface area contributed by atoms with E-state index in [0.29, 0.717) is 45.9 Å². The zero-order valence-corrected chi connectivity index (χ0v) is 16.6. The smallest absolute Gasteiger partial charge is 0.317 e. The SMILES string of the molecule is CCOc1ccc(CCCNC(=O)N2CCN(C(C)=O)CC2)cc1OCC. The minimum Gasteiger partial charge on any atom is -0.490 e. The molecule has 1 aliphatic rings. The molecule has 1 N–H and O–H groups in total. The Morgan fingerprint density at radius 3 is 2.26 bits per heavy atom. The maximum Gasteiger partial charge on any atom is 0.317 e. The number of aryl methyl sites for hydroxylation is 1. The Labute approximate surface area is 161 Å². The van der Waals surface area contributed by atoms with E-state index in [9.17, 15) is 9.59 Å². The number of piperazine rings is 1. The third kappa shape index (κ3) is 6.34. The van der Waals surface area contributed by atoms with Gasteiger partial charge in [-0.15, -0.1) is 0 Å². The number of hydrogen-bond acceptors (Lipinski definition) is 4. The summed E-state index contributed by atoms with van der Waals surface area (Å²) >= 11 is 0. The quantitative estimate of drug-likeness (QED) is 0.706. The number of carbonyl (C=O) groups excluding carboxylic acids is 2. The van der Waals surface area contributed by atoms with Gasteiger partial charge in [0.1, 0.15) is 0 Å². The van der Waals surface area contributed by atoms with E-state index in [-0.39, 0.29) is 11.9 Å². The molecule has 1 fully saturated rings. The summed E-state index contributed by atoms with van der Waals surface area (Å²) in [5, 5.41) is 2.97. The summed E-state index contributed by atoms with van der Waals surface area (Å²) in [6.45, 7) is 9.66. The number of urea groups is 1. The average Bonchev–Trinajstić information content (AvgIpc) is 2.67. The molecule has 2 rings (SSSR count). The largest absolute Gasteiger partial charge is 0.490 e. The van der Waals surface area contributed by atoms with Crippen LogP contribution in [0.5, 0.6) is 11.5 Å². The minimum atomic E-state index is -0.0556. The number of benzene rings is 1. The molecule has 1 heterocycles. The highest BCUT2D eigenvalue weighted by Crippen LogP contribution is 2.28. The van der Waals surface area contributed by atoms with E-state index in [1.165, 1.54) is 0 Å². The van der Waals surface area contributed by atoms with Crippen molar-refractivity contribution in [2.24, 2.45) is 0 Å². The van der Waals surface area contributed by atoms with E-state index >= 15 is 0 Å². The van der Waals surface area contributed by atoms with Crippen LogP contribution in [0.1, 0.15) is 32.8 Å². The van der Waals surface area contributed by atoms with Crippen molar-refractivity contribution in [3.63, 3.8) is 0 Å². The number of nitrogens with one attached hydrogen (secondary N) is 1. The lowest BCUT2D eigenvalue weighted by Crippen LogP contribution is -2.52. The van der Waals surface area contributed by atoms with Crippen molar-refractivity contribution in [3.8, 4) is 11.5 Å². The number of amides is 3. The molecule has 0 bridgehead atoms. The third-order valence-electron chi connectivity index (χ3n) is 4.54. The molecule has 0 aliphatic carbocycles. The lowest BCUT2D eigenvalue weighted by atomic mass is 10.1. The van der Waals surface area contributed by atoms with Crippen LogP contribution in [0.4, 0.5) is 4.79 Å². The standard InChI is InChI=1S/C20H31N3O4/c1-4-26-18-9-8-17(15-19(18)27-5-2)7-6-10-21-20(25)23-13-11-22(12-14-23)16(3)24/h8-9,15H,4-7,10-14H2,1-3H3,(H,21,25). The Balaban J connectivity index is 1.74. The maximum atomic E-state index is 12.2. The topological polar surface area (TPSA) is 71.1 Å². The molecular weight excluding hydrogens is 346 g/mol. The fourth-order valence-electron chi connectivity index (χ4n) is 3.08. The molecule has 0 aromatic heterocycles. The van der Waals surface area contributed by atoms with Gasteiger partial charge in [-0.2, -0.15) is 0 Å². The molecule has 1 aromatic carbocycles. The van der Waals surface area contributed by atoms with Crippen molar-refractivity contribution in [3.05, 3.63) is 23.8 Å². The molecule has 0 atom stereocenters. The van der Waals surface area contributed by atoms with Crippen molar-refractivity contribution in [2.45, 2.75) is 33.6 Å². The minimum absolute atomic E-state index is 0.0556. The Hall–Kier alpha value is -2.44. The Morgan fingerprint density at radius 1 is 1.00 bits per heavy atom. The van der Waals surface area contributed by atoms with Crippen LogP contribution in [0, 0.1) is 0 Å². The summed E-state index contributed by atoms with van der Waals surface area (Å²) in [4.78, 5) is 27.1. The van der Waals surface area contributed by atoms with Crippen molar-refractivity contribution < 1.29 is 19.1 Å². The van der Waals surface area contributed by atoms with E-state index in [1.54, 1.807) is 16.7 Å². The maximum absolute atomic E-state index is 12.2. The first-order valence-corrected chi connectivity index (χ1v) is 9.72. The second-order valence-corrected chi connectivity index (χ2v) is 6.48. The van der Waals surface area contributed by atoms with Crippen molar-refractivity contribution in [2.75, 3.05) is 45.9 Å². The molecule has 27 heavy (non-hydrogen) atoms. The van der Waals surface area contributed by atoms with Crippen LogP contribution in [-0.4, -0.2) is 67.7 Å². The van der Waals surface area contributed by atoms with Gasteiger partial charge in [-0.1, -0.05) is 6.07 Å². The van der Waals surface area contributed by atoms with Crippen molar-refractivity contribution >= 4 is 11.9 Å². The monoisotopic (exact) mass is 377 g/mol. The van der Waals surface area contributed by atoms with Gasteiger partial charge >= 0.3 is 6.03 Å². The second kappa shape index (κ2) is 10.6. The van der Waals surface area contributed by atoms with Gasteiger partial charge in [-0.25, -0.2) is 4.79 Å². The van der Waals surface area contributed by atoms with Crippen LogP contribution in [-0.2, 0) is 11.2 Å². The van der Waals surface area contributed by atoms with Gasteiger partial charge in [0, 0.05) is 39.6 Å². The van der Waals surface area contributed by atoms with Crippen LogP contribution in [0.15, 0.2) is 18.2 Å². The highest BCUT2D eigenvalue weighted by molar-refractivity contribution is 5.76. The Kier molecular flexibility index (Phi) is 8.23. The van der Waals surface area contributed by atoms with Gasteiger partial charge in [-0.3, -0.25) is 4.79 Å². The molecule has 3 amide bonds. The van der Waals surface area contributed by atoms with Gasteiger partial charge in [0.25, 0.3) is 0 Å². The van der Waals surface area contributed by atoms with Crippen LogP contribution in [0.25, 0.3) is 0 Å². The van der Waals surface area contributed by atoms with Gasteiger partial charge < -0.3 is 24.6 Å². The van der Waals surface area contributed by atoms with E-state index in [0.717, 1.165) is 29.9 Å². The fourth-order valence-corrected chi connectivity index (χ4v) is 3.08. The molecule has 0 radical (unpaired) electrons. The van der Waals surface area contributed by atoms with Crippen molar-refractivity contribution in [1.29, 1.82) is 0 Å². The van der Waals surface area contributed by atoms with Crippen LogP contribution in [0.3, 0.4) is 0 Å². The summed E-state index contributed by atoms with van der Waals surface area (Å²) < 4.78 is 11.2. The summed E-state index contributed by atoms with van der Waals surface area (Å²) in [6, 6.07) is 5.93. The predicted octanol–water partition coefficient (Wildman–Crippen LogP) is 2.29. The summed E-state index contributed by atoms with van der Waals surface area (Å²) in [5.41, 5.74) is 1.16. The lowest BCUT2D eigenvalue weighted by molar-refractivity contribution is -0.130. The zero-order valence-electron chi connectivity index (χ0n) is 16.6. The van der Waals surface area contributed by atoms with Crippen LogP contribution in [0.2, 0.25) is 0 Å². The average molecular weight is 377 g/mol. The lowest BCUT2D eigenvalue weighted by Gasteiger charge is -2.34. The first kappa shape index (κ1) is 20.9. The van der Waals surface area contributed by atoms with Crippen molar-refractivity contribution in [1.82, 2.24) is 15.1 Å². The summed E-state index contributed by atoms with van der Waals surface area (Å²) in [6.07, 6.45) is 1.70. The molecule has 0 spiro atoms. The normalized spacial score (nSPS) is 14.0. The highest BCUT2D eigenvalue weighted by atomic mass is 16.5. The Bertz CT molecular complexity index is 628. The molecular formula is C20H31N3O4. The molecule has 0 saturated carbocycles. The number of rotatable bonds is 8. The first-order chi connectivity index (χ1) is 13.0. The molecule has 1 aromatic rings. The molecule has 7 nitrogen and oxygen atoms in total. The number of hydrogen-bond donors (Lipinski definition) is 1. The van der Waals surface area contributed by atoms with Gasteiger partial charge in [-0.05, 0) is 44.4 Å². The number of carbonyl (C=O) groups is 2. The fraction of sp³-hybridized carbons (Fsp3) is 0.600. The van der Waals surface area contributed by atoms with Gasteiger partial charge in [0.05, 0.1) is 13.2 Å². The van der Waals surface area contributed by atoms with E-state index in [4.69, 9.17) is 9.47 Å².